The van der Waals surface area contributed by atoms with Crippen molar-refractivity contribution < 1.29 is 4.79 Å². The minimum Gasteiger partial charge on any atom is -0.318 e. The second-order valence-corrected chi connectivity index (χ2v) is 5.07. The summed E-state index contributed by atoms with van der Waals surface area (Å²) in [6.45, 7) is 1.84. The van der Waals surface area contributed by atoms with Crippen LogP contribution in [0.3, 0.4) is 0 Å². The Kier molecular flexibility index (Phi) is 3.89. The summed E-state index contributed by atoms with van der Waals surface area (Å²) in [4.78, 5) is 16.5. The quantitative estimate of drug-likeness (QED) is 0.753. The first-order chi connectivity index (χ1) is 10.6. The Morgan fingerprint density at radius 2 is 1.95 bits per heavy atom. The Morgan fingerprint density at radius 1 is 1.18 bits per heavy atom. The number of nitrogens with one attached hydrogen (secondary N) is 1. The van der Waals surface area contributed by atoms with E-state index >= 15 is 0 Å². The lowest BCUT2D eigenvalue weighted by atomic mass is 10.3. The van der Waals surface area contributed by atoms with Crippen LogP contribution in [-0.4, -0.2) is 20.7 Å². The summed E-state index contributed by atoms with van der Waals surface area (Å²) in [7, 11) is 0. The zero-order valence-electron chi connectivity index (χ0n) is 11.8. The maximum Gasteiger partial charge on any atom is 0.274 e. The van der Waals surface area contributed by atoms with E-state index in [1.807, 2.05) is 37.3 Å². The van der Waals surface area contributed by atoms with E-state index in [9.17, 15) is 4.79 Å². The topological polar surface area (TPSA) is 59.8 Å². The first-order valence-corrected chi connectivity index (χ1v) is 7.07. The molecule has 0 saturated carbocycles. The molecule has 0 aliphatic rings. The number of nitrogens with zero attached hydrogens (tertiary/aromatic N) is 3. The summed E-state index contributed by atoms with van der Waals surface area (Å²) in [5, 5.41) is 7.38. The van der Waals surface area contributed by atoms with Crippen molar-refractivity contribution in [2.75, 3.05) is 5.32 Å². The molecule has 0 unspecified atom stereocenters. The SMILES string of the molecule is Cc1cc(C(=O)Nc2cccnc2Cl)n(-c2ccccc2)n1. The van der Waals surface area contributed by atoms with E-state index in [4.69, 9.17) is 11.6 Å². The Morgan fingerprint density at radius 3 is 2.68 bits per heavy atom. The smallest absolute Gasteiger partial charge is 0.274 e. The predicted molar refractivity (Wildman–Crippen MR) is 85.5 cm³/mol. The van der Waals surface area contributed by atoms with Crippen molar-refractivity contribution in [3.05, 3.63) is 71.3 Å². The van der Waals surface area contributed by atoms with Gasteiger partial charge in [0.2, 0.25) is 0 Å². The van der Waals surface area contributed by atoms with E-state index in [1.165, 1.54) is 0 Å². The molecule has 0 bridgehead atoms. The van der Waals surface area contributed by atoms with Gasteiger partial charge in [0.15, 0.2) is 5.15 Å². The Labute approximate surface area is 132 Å². The number of rotatable bonds is 3. The van der Waals surface area contributed by atoms with Gasteiger partial charge < -0.3 is 5.32 Å². The number of hydrogen-bond acceptors (Lipinski definition) is 3. The Hall–Kier alpha value is -2.66. The molecule has 0 radical (unpaired) electrons. The van der Waals surface area contributed by atoms with Crippen LogP contribution < -0.4 is 5.32 Å². The van der Waals surface area contributed by atoms with Crippen molar-refractivity contribution in [1.29, 1.82) is 0 Å². The van der Waals surface area contributed by atoms with Crippen LogP contribution in [0.2, 0.25) is 5.15 Å². The van der Waals surface area contributed by atoms with Crippen molar-refractivity contribution in [2.24, 2.45) is 0 Å². The maximum atomic E-state index is 12.5. The van der Waals surface area contributed by atoms with Crippen LogP contribution in [0.5, 0.6) is 0 Å². The van der Waals surface area contributed by atoms with Crippen LogP contribution in [0.4, 0.5) is 5.69 Å². The maximum absolute atomic E-state index is 12.5. The summed E-state index contributed by atoms with van der Waals surface area (Å²) in [5.41, 5.74) is 2.47. The third-order valence-electron chi connectivity index (χ3n) is 3.07. The van der Waals surface area contributed by atoms with Crippen molar-refractivity contribution in [2.45, 2.75) is 6.92 Å². The van der Waals surface area contributed by atoms with Crippen molar-refractivity contribution >= 4 is 23.2 Å². The molecule has 22 heavy (non-hydrogen) atoms. The molecular formula is C16H13ClN4O. The number of carbonyl (C=O) groups is 1. The van der Waals surface area contributed by atoms with E-state index in [2.05, 4.69) is 15.4 Å². The molecular weight excluding hydrogens is 300 g/mol. The molecule has 110 valence electrons. The fourth-order valence-electron chi connectivity index (χ4n) is 2.09. The highest BCUT2D eigenvalue weighted by molar-refractivity contribution is 6.32. The van der Waals surface area contributed by atoms with Gasteiger partial charge >= 0.3 is 0 Å². The molecule has 1 amide bonds. The van der Waals surface area contributed by atoms with Crippen molar-refractivity contribution in [1.82, 2.24) is 14.8 Å². The molecule has 3 aromatic rings. The minimum absolute atomic E-state index is 0.248. The number of para-hydroxylation sites is 1. The van der Waals surface area contributed by atoms with E-state index < -0.39 is 0 Å². The van der Waals surface area contributed by atoms with E-state index in [-0.39, 0.29) is 11.1 Å². The van der Waals surface area contributed by atoms with Crippen LogP contribution in [0.25, 0.3) is 5.69 Å². The van der Waals surface area contributed by atoms with E-state index in [0.29, 0.717) is 11.4 Å². The monoisotopic (exact) mass is 312 g/mol. The lowest BCUT2D eigenvalue weighted by molar-refractivity contribution is 0.101. The van der Waals surface area contributed by atoms with Gasteiger partial charge in [0.1, 0.15) is 5.69 Å². The summed E-state index contributed by atoms with van der Waals surface area (Å²) in [6.07, 6.45) is 1.57. The largest absolute Gasteiger partial charge is 0.318 e. The molecule has 3 rings (SSSR count). The van der Waals surface area contributed by atoms with Gasteiger partial charge in [-0.15, -0.1) is 0 Å². The zero-order valence-corrected chi connectivity index (χ0v) is 12.6. The van der Waals surface area contributed by atoms with Crippen LogP contribution >= 0.6 is 11.6 Å². The summed E-state index contributed by atoms with van der Waals surface area (Å²) in [6, 6.07) is 14.6. The highest BCUT2D eigenvalue weighted by atomic mass is 35.5. The first-order valence-electron chi connectivity index (χ1n) is 6.69. The van der Waals surface area contributed by atoms with Gasteiger partial charge in [0.05, 0.1) is 17.1 Å². The third-order valence-corrected chi connectivity index (χ3v) is 3.37. The average Bonchev–Trinajstić information content (AvgIpc) is 2.92. The number of amides is 1. The molecule has 0 aliphatic heterocycles. The molecule has 6 heteroatoms. The lowest BCUT2D eigenvalue weighted by Gasteiger charge is -2.08. The molecule has 0 aliphatic carbocycles. The number of hydrogen-bond donors (Lipinski definition) is 1. The van der Waals surface area contributed by atoms with Crippen LogP contribution in [-0.2, 0) is 0 Å². The number of benzene rings is 1. The van der Waals surface area contributed by atoms with E-state index in [1.54, 1.807) is 29.1 Å². The lowest BCUT2D eigenvalue weighted by Crippen LogP contribution is -2.17. The van der Waals surface area contributed by atoms with Gasteiger partial charge in [-0.1, -0.05) is 29.8 Å². The average molecular weight is 313 g/mol. The van der Waals surface area contributed by atoms with Crippen LogP contribution in [0, 0.1) is 6.92 Å². The predicted octanol–water partition coefficient (Wildman–Crippen LogP) is 3.48. The zero-order chi connectivity index (χ0) is 15.5. The second-order valence-electron chi connectivity index (χ2n) is 4.71. The number of halogens is 1. The summed E-state index contributed by atoms with van der Waals surface area (Å²) in [5.74, 6) is -0.292. The molecule has 2 heterocycles. The fraction of sp³-hybridized carbons (Fsp3) is 0.0625. The van der Waals surface area contributed by atoms with Crippen molar-refractivity contribution in [3.63, 3.8) is 0 Å². The van der Waals surface area contributed by atoms with Crippen molar-refractivity contribution in [3.8, 4) is 5.69 Å². The van der Waals surface area contributed by atoms with E-state index in [0.717, 1.165) is 11.4 Å². The number of aromatic nitrogens is 3. The highest BCUT2D eigenvalue weighted by Crippen LogP contribution is 2.19. The Bertz CT molecular complexity index is 814. The molecule has 1 N–H and O–H groups in total. The number of anilines is 1. The molecule has 1 aromatic carbocycles. The van der Waals surface area contributed by atoms with Gasteiger partial charge in [0, 0.05) is 6.20 Å². The molecule has 0 spiro atoms. The second kappa shape index (κ2) is 5.99. The van der Waals surface area contributed by atoms with Gasteiger partial charge in [0.25, 0.3) is 5.91 Å². The minimum atomic E-state index is -0.292. The van der Waals surface area contributed by atoms with Gasteiger partial charge in [-0.3, -0.25) is 4.79 Å². The van der Waals surface area contributed by atoms with Gasteiger partial charge in [-0.05, 0) is 37.3 Å². The number of carbonyl (C=O) groups excluding carboxylic acids is 1. The molecule has 5 nitrogen and oxygen atoms in total. The molecule has 0 fully saturated rings. The summed E-state index contributed by atoms with van der Waals surface area (Å²) >= 11 is 5.97. The first kappa shape index (κ1) is 14.3. The van der Waals surface area contributed by atoms with Crippen LogP contribution in [0.15, 0.2) is 54.7 Å². The standard InChI is InChI=1S/C16H13ClN4O/c1-11-10-14(21(20-11)12-6-3-2-4-7-12)16(22)19-13-8-5-9-18-15(13)17/h2-10H,1H3,(H,19,22). The molecule has 2 aromatic heterocycles. The van der Waals surface area contributed by atoms with Gasteiger partial charge in [-0.2, -0.15) is 5.10 Å². The Balaban J connectivity index is 1.95. The highest BCUT2D eigenvalue weighted by Gasteiger charge is 2.16. The number of aryl methyl sites for hydroxylation is 1. The normalized spacial score (nSPS) is 10.5. The number of pyridine rings is 1. The molecule has 0 atom stereocenters. The third kappa shape index (κ3) is 2.84. The fourth-order valence-corrected chi connectivity index (χ4v) is 2.26. The van der Waals surface area contributed by atoms with Gasteiger partial charge in [-0.25, -0.2) is 9.67 Å². The molecule has 0 saturated heterocycles. The van der Waals surface area contributed by atoms with Crippen LogP contribution in [0.1, 0.15) is 16.2 Å². The summed E-state index contributed by atoms with van der Waals surface area (Å²) < 4.78 is 1.61.